The second kappa shape index (κ2) is 9.50. The van der Waals surface area contributed by atoms with Gasteiger partial charge in [-0.1, -0.05) is 53.7 Å². The SMILES string of the molecule is O=C(Nc1ccccc1)NC1CCN(Cc2nnn3c2CO[C@@H](c2ccccc2)C3)CC1. The fourth-order valence-corrected chi connectivity index (χ4v) is 4.38. The van der Waals surface area contributed by atoms with Gasteiger partial charge >= 0.3 is 6.03 Å². The van der Waals surface area contributed by atoms with Gasteiger partial charge in [-0.15, -0.1) is 5.10 Å². The smallest absolute Gasteiger partial charge is 0.319 e. The summed E-state index contributed by atoms with van der Waals surface area (Å²) in [6.45, 7) is 3.80. The number of nitrogens with zero attached hydrogens (tertiary/aromatic N) is 4. The number of fused-ring (bicyclic) bond motifs is 1. The summed E-state index contributed by atoms with van der Waals surface area (Å²) in [5, 5.41) is 14.8. The lowest BCUT2D eigenvalue weighted by atomic mass is 10.0. The molecular formula is C24H28N6O2. The molecule has 166 valence electrons. The maximum absolute atomic E-state index is 12.2. The molecule has 5 rings (SSSR count). The fraction of sp³-hybridized carbons (Fsp3) is 0.375. The van der Waals surface area contributed by atoms with E-state index in [2.05, 4.69) is 38.0 Å². The number of hydrogen-bond acceptors (Lipinski definition) is 5. The van der Waals surface area contributed by atoms with Crippen LogP contribution in [0.3, 0.4) is 0 Å². The molecule has 8 nitrogen and oxygen atoms in total. The minimum Gasteiger partial charge on any atom is -0.365 e. The minimum atomic E-state index is -0.146. The molecule has 2 N–H and O–H groups in total. The standard InChI is InChI=1S/C24H28N6O2/c31-24(25-19-9-5-2-6-10-19)26-20-11-13-29(14-12-20)15-21-22-17-32-23(16-30(22)28-27-21)18-7-3-1-4-8-18/h1-10,20,23H,11-17H2,(H2,25,26,31)/t23-/m1/s1. The quantitative estimate of drug-likeness (QED) is 0.646. The number of para-hydroxylation sites is 1. The van der Waals surface area contributed by atoms with Crippen molar-refractivity contribution in [3.05, 3.63) is 77.6 Å². The third kappa shape index (κ3) is 4.81. The molecule has 0 aliphatic carbocycles. The van der Waals surface area contributed by atoms with Crippen molar-refractivity contribution in [1.82, 2.24) is 25.2 Å². The van der Waals surface area contributed by atoms with E-state index in [4.69, 9.17) is 4.74 Å². The van der Waals surface area contributed by atoms with Crippen molar-refractivity contribution in [2.75, 3.05) is 18.4 Å². The van der Waals surface area contributed by atoms with E-state index in [-0.39, 0.29) is 18.2 Å². The predicted octanol–water partition coefficient (Wildman–Crippen LogP) is 3.34. The summed E-state index contributed by atoms with van der Waals surface area (Å²) in [5.41, 5.74) is 4.03. The molecule has 2 amide bonds. The Balaban J connectivity index is 1.11. The van der Waals surface area contributed by atoms with E-state index in [1.54, 1.807) is 0 Å². The molecular weight excluding hydrogens is 404 g/mol. The van der Waals surface area contributed by atoms with Crippen LogP contribution >= 0.6 is 0 Å². The third-order valence-electron chi connectivity index (χ3n) is 6.18. The molecule has 0 unspecified atom stereocenters. The van der Waals surface area contributed by atoms with Gasteiger partial charge in [-0.25, -0.2) is 9.48 Å². The summed E-state index contributed by atoms with van der Waals surface area (Å²) >= 11 is 0. The molecule has 3 aromatic rings. The Kier molecular flexibility index (Phi) is 6.13. The van der Waals surface area contributed by atoms with Gasteiger partial charge in [0.15, 0.2) is 0 Å². The topological polar surface area (TPSA) is 84.3 Å². The number of urea groups is 1. The molecule has 0 saturated carbocycles. The van der Waals surface area contributed by atoms with Crippen LogP contribution in [0.1, 0.15) is 35.9 Å². The maximum atomic E-state index is 12.2. The van der Waals surface area contributed by atoms with Gasteiger partial charge in [0.25, 0.3) is 0 Å². The number of carbonyl (C=O) groups excluding carboxylic acids is 1. The fourth-order valence-electron chi connectivity index (χ4n) is 4.38. The van der Waals surface area contributed by atoms with E-state index >= 15 is 0 Å². The van der Waals surface area contributed by atoms with Crippen LogP contribution in [-0.4, -0.2) is 45.1 Å². The van der Waals surface area contributed by atoms with Gasteiger partial charge < -0.3 is 15.4 Å². The number of amides is 2. The van der Waals surface area contributed by atoms with E-state index in [0.29, 0.717) is 13.2 Å². The molecule has 2 aliphatic heterocycles. The van der Waals surface area contributed by atoms with Crippen LogP contribution in [0.5, 0.6) is 0 Å². The number of aromatic nitrogens is 3. The zero-order valence-electron chi connectivity index (χ0n) is 18.0. The van der Waals surface area contributed by atoms with Gasteiger partial charge in [0.05, 0.1) is 18.8 Å². The average molecular weight is 433 g/mol. The van der Waals surface area contributed by atoms with Crippen molar-refractivity contribution >= 4 is 11.7 Å². The lowest BCUT2D eigenvalue weighted by Gasteiger charge is -2.32. The highest BCUT2D eigenvalue weighted by molar-refractivity contribution is 5.89. The molecule has 0 bridgehead atoms. The number of hydrogen-bond donors (Lipinski definition) is 2. The highest BCUT2D eigenvalue weighted by atomic mass is 16.5. The van der Waals surface area contributed by atoms with Gasteiger partial charge in [-0.05, 0) is 30.5 Å². The van der Waals surface area contributed by atoms with Crippen LogP contribution < -0.4 is 10.6 Å². The van der Waals surface area contributed by atoms with Gasteiger partial charge in [-0.3, -0.25) is 4.90 Å². The number of anilines is 1. The summed E-state index contributed by atoms with van der Waals surface area (Å²) in [7, 11) is 0. The summed E-state index contributed by atoms with van der Waals surface area (Å²) in [4.78, 5) is 14.6. The monoisotopic (exact) mass is 432 g/mol. The largest absolute Gasteiger partial charge is 0.365 e. The van der Waals surface area contributed by atoms with E-state index < -0.39 is 0 Å². The first kappa shape index (κ1) is 20.7. The number of nitrogens with one attached hydrogen (secondary N) is 2. The van der Waals surface area contributed by atoms with Crippen molar-refractivity contribution in [1.29, 1.82) is 0 Å². The molecule has 0 radical (unpaired) electrons. The number of benzene rings is 2. The first-order valence-corrected chi connectivity index (χ1v) is 11.2. The first-order chi connectivity index (χ1) is 15.7. The Bertz CT molecular complexity index is 1030. The maximum Gasteiger partial charge on any atom is 0.319 e. The van der Waals surface area contributed by atoms with Crippen LogP contribution in [-0.2, 0) is 24.4 Å². The zero-order valence-corrected chi connectivity index (χ0v) is 18.0. The first-order valence-electron chi connectivity index (χ1n) is 11.2. The number of carbonyl (C=O) groups is 1. The van der Waals surface area contributed by atoms with Crippen molar-refractivity contribution < 1.29 is 9.53 Å². The van der Waals surface area contributed by atoms with Crippen LogP contribution in [0.4, 0.5) is 10.5 Å². The normalized spacial score (nSPS) is 19.3. The Morgan fingerprint density at radius 3 is 2.50 bits per heavy atom. The number of piperidine rings is 1. The molecule has 1 saturated heterocycles. The average Bonchev–Trinajstić information content (AvgIpc) is 3.23. The molecule has 2 aliphatic rings. The Labute approximate surface area is 187 Å². The van der Waals surface area contributed by atoms with Gasteiger partial charge in [0.1, 0.15) is 11.8 Å². The molecule has 2 aromatic carbocycles. The summed E-state index contributed by atoms with van der Waals surface area (Å²) in [6.07, 6.45) is 1.85. The Hall–Kier alpha value is -3.23. The van der Waals surface area contributed by atoms with Gasteiger partial charge in [0, 0.05) is 31.4 Å². The van der Waals surface area contributed by atoms with Crippen molar-refractivity contribution in [3.63, 3.8) is 0 Å². The van der Waals surface area contributed by atoms with Crippen LogP contribution in [0.25, 0.3) is 0 Å². The van der Waals surface area contributed by atoms with Crippen molar-refractivity contribution in [3.8, 4) is 0 Å². The van der Waals surface area contributed by atoms with Crippen LogP contribution in [0.15, 0.2) is 60.7 Å². The highest BCUT2D eigenvalue weighted by Crippen LogP contribution is 2.27. The minimum absolute atomic E-state index is 0.0158. The molecule has 1 fully saturated rings. The van der Waals surface area contributed by atoms with Gasteiger partial charge in [-0.2, -0.15) is 0 Å². The van der Waals surface area contributed by atoms with Gasteiger partial charge in [0.2, 0.25) is 0 Å². The zero-order chi connectivity index (χ0) is 21.8. The van der Waals surface area contributed by atoms with Crippen molar-refractivity contribution in [2.45, 2.75) is 44.7 Å². The second-order valence-electron chi connectivity index (χ2n) is 8.39. The molecule has 1 aromatic heterocycles. The summed E-state index contributed by atoms with van der Waals surface area (Å²) in [5.74, 6) is 0. The molecule has 8 heteroatoms. The highest BCUT2D eigenvalue weighted by Gasteiger charge is 2.27. The van der Waals surface area contributed by atoms with E-state index in [1.807, 2.05) is 53.2 Å². The molecule has 0 spiro atoms. The molecule has 1 atom stereocenters. The summed E-state index contributed by atoms with van der Waals surface area (Å²) < 4.78 is 8.10. The van der Waals surface area contributed by atoms with Crippen molar-refractivity contribution in [2.24, 2.45) is 0 Å². The Morgan fingerprint density at radius 2 is 1.75 bits per heavy atom. The molecule has 3 heterocycles. The van der Waals surface area contributed by atoms with Crippen LogP contribution in [0.2, 0.25) is 0 Å². The number of rotatable bonds is 5. The molecule has 32 heavy (non-hydrogen) atoms. The third-order valence-corrected chi connectivity index (χ3v) is 6.18. The number of ether oxygens (including phenoxy) is 1. The lowest BCUT2D eigenvalue weighted by Crippen LogP contribution is -2.45. The van der Waals surface area contributed by atoms with E-state index in [1.165, 1.54) is 5.56 Å². The summed E-state index contributed by atoms with van der Waals surface area (Å²) in [6, 6.07) is 19.8. The lowest BCUT2D eigenvalue weighted by molar-refractivity contribution is -0.00216. The van der Waals surface area contributed by atoms with Crippen LogP contribution in [0, 0.1) is 0 Å². The van der Waals surface area contributed by atoms with E-state index in [0.717, 1.165) is 49.6 Å². The predicted molar refractivity (Wildman–Crippen MR) is 121 cm³/mol. The number of likely N-dealkylation sites (tertiary alicyclic amines) is 1. The Morgan fingerprint density at radius 1 is 1.03 bits per heavy atom. The van der Waals surface area contributed by atoms with E-state index in [9.17, 15) is 4.79 Å². The second-order valence-corrected chi connectivity index (χ2v) is 8.39.